The Labute approximate surface area is 166 Å². The highest BCUT2D eigenvalue weighted by atomic mass is 79.9. The molecule has 0 saturated carbocycles. The summed E-state index contributed by atoms with van der Waals surface area (Å²) in [5.41, 5.74) is -0.969. The van der Waals surface area contributed by atoms with Crippen LogP contribution in [-0.2, 0) is 11.3 Å². The van der Waals surface area contributed by atoms with Gasteiger partial charge in [0.1, 0.15) is 11.3 Å². The number of hydrogen-bond acceptors (Lipinski definition) is 2. The van der Waals surface area contributed by atoms with Gasteiger partial charge in [-0.2, -0.15) is 0 Å². The fraction of sp³-hybridized carbons (Fsp3) is 0.526. The number of benzene rings is 1. The van der Waals surface area contributed by atoms with Crippen LogP contribution in [0.15, 0.2) is 28.9 Å². The summed E-state index contributed by atoms with van der Waals surface area (Å²) < 4.78 is 23.5. The summed E-state index contributed by atoms with van der Waals surface area (Å²) in [5, 5.41) is 1.61. The van der Waals surface area contributed by atoms with Gasteiger partial charge in [-0.25, -0.2) is 9.18 Å². The lowest BCUT2D eigenvalue weighted by Gasteiger charge is -2.37. The largest absolute Gasteiger partial charge is 0.444 e. The minimum atomic E-state index is -1.36. The number of nitrogens with zero attached hydrogens (tertiary/aromatic N) is 2. The number of alkyl halides is 1. The van der Waals surface area contributed by atoms with E-state index in [1.807, 2.05) is 49.7 Å². The predicted octanol–water partition coefficient (Wildman–Crippen LogP) is 5.80. The molecule has 1 aromatic carbocycles. The fourth-order valence-corrected chi connectivity index (χ4v) is 4.33. The van der Waals surface area contributed by atoms with Crippen molar-refractivity contribution >= 4 is 44.5 Å². The second-order valence-corrected chi connectivity index (χ2v) is 9.18. The van der Waals surface area contributed by atoms with Gasteiger partial charge in [-0.1, -0.05) is 11.6 Å². The van der Waals surface area contributed by atoms with Crippen molar-refractivity contribution in [2.45, 2.75) is 51.4 Å². The fourth-order valence-electron chi connectivity index (χ4n) is 3.27. The molecule has 1 amide bonds. The van der Waals surface area contributed by atoms with Crippen LogP contribution in [0.25, 0.3) is 10.9 Å². The third-order valence-electron chi connectivity index (χ3n) is 4.54. The van der Waals surface area contributed by atoms with Crippen LogP contribution < -0.4 is 0 Å². The zero-order chi connectivity index (χ0) is 19.1. The highest BCUT2D eigenvalue weighted by Gasteiger charge is 2.37. The molecule has 3 rings (SSSR count). The Morgan fingerprint density at radius 2 is 2.00 bits per heavy atom. The van der Waals surface area contributed by atoms with E-state index in [0.29, 0.717) is 18.1 Å². The Morgan fingerprint density at radius 1 is 1.35 bits per heavy atom. The van der Waals surface area contributed by atoms with Gasteiger partial charge in [-0.15, -0.1) is 0 Å². The second kappa shape index (κ2) is 7.04. The van der Waals surface area contributed by atoms with E-state index in [1.165, 1.54) is 0 Å². The van der Waals surface area contributed by atoms with Gasteiger partial charge in [0.25, 0.3) is 0 Å². The molecule has 0 atom stereocenters. The zero-order valence-electron chi connectivity index (χ0n) is 15.2. The lowest BCUT2D eigenvalue weighted by atomic mass is 9.93. The number of carbonyl (C=O) groups is 1. The molecule has 26 heavy (non-hydrogen) atoms. The van der Waals surface area contributed by atoms with Crippen LogP contribution in [0, 0.1) is 0 Å². The molecule has 1 saturated heterocycles. The van der Waals surface area contributed by atoms with E-state index in [1.54, 1.807) is 4.90 Å². The van der Waals surface area contributed by atoms with Gasteiger partial charge in [0, 0.05) is 47.0 Å². The molecule has 1 aliphatic rings. The summed E-state index contributed by atoms with van der Waals surface area (Å²) in [6, 6.07) is 5.62. The van der Waals surface area contributed by atoms with Crippen molar-refractivity contribution in [3.8, 4) is 0 Å². The number of piperidine rings is 1. The van der Waals surface area contributed by atoms with E-state index in [-0.39, 0.29) is 25.5 Å². The Bertz CT molecular complexity index is 823. The van der Waals surface area contributed by atoms with Crippen molar-refractivity contribution in [2.75, 3.05) is 13.1 Å². The standard InChI is InChI=1S/C19H23BrClFN2O2/c1-18(2,3)26-17(25)23-8-5-19(22,6-9-23)12-24-7-4-13-10-14(21)11-15(20)16(13)24/h4,7,10-11H,5-6,8-9,12H2,1-3H3. The molecule has 1 aliphatic heterocycles. The molecule has 142 valence electrons. The molecule has 0 aliphatic carbocycles. The normalized spacial score (nSPS) is 17.5. The summed E-state index contributed by atoms with van der Waals surface area (Å²) in [7, 11) is 0. The SMILES string of the molecule is CC(C)(C)OC(=O)N1CCC(F)(Cn2ccc3cc(Cl)cc(Br)c32)CC1. The molecule has 0 spiro atoms. The first kappa shape index (κ1) is 19.5. The number of carbonyl (C=O) groups excluding carboxylic acids is 1. The summed E-state index contributed by atoms with van der Waals surface area (Å²) in [5.74, 6) is 0. The maximum absolute atomic E-state index is 15.4. The average Bonchev–Trinajstić information content (AvgIpc) is 2.88. The van der Waals surface area contributed by atoms with E-state index in [4.69, 9.17) is 16.3 Å². The summed E-state index contributed by atoms with van der Waals surface area (Å²) in [6.45, 7) is 6.45. The molecular weight excluding hydrogens is 423 g/mol. The first-order chi connectivity index (χ1) is 12.1. The first-order valence-corrected chi connectivity index (χ1v) is 9.84. The maximum atomic E-state index is 15.4. The number of rotatable bonds is 2. The molecule has 2 heterocycles. The molecule has 4 nitrogen and oxygen atoms in total. The van der Waals surface area contributed by atoms with Gasteiger partial charge in [-0.3, -0.25) is 0 Å². The topological polar surface area (TPSA) is 34.5 Å². The quantitative estimate of drug-likeness (QED) is 0.586. The van der Waals surface area contributed by atoms with Crippen molar-refractivity contribution in [1.29, 1.82) is 0 Å². The van der Waals surface area contributed by atoms with Crippen LogP contribution in [0.5, 0.6) is 0 Å². The highest BCUT2D eigenvalue weighted by molar-refractivity contribution is 9.10. The van der Waals surface area contributed by atoms with E-state index < -0.39 is 11.3 Å². The number of amides is 1. The second-order valence-electron chi connectivity index (χ2n) is 7.89. The molecule has 0 N–H and O–H groups in total. The first-order valence-electron chi connectivity index (χ1n) is 8.67. The number of ether oxygens (including phenoxy) is 1. The number of halogens is 3. The summed E-state index contributed by atoms with van der Waals surface area (Å²) in [4.78, 5) is 13.7. The highest BCUT2D eigenvalue weighted by Crippen LogP contribution is 2.34. The van der Waals surface area contributed by atoms with Crippen LogP contribution in [-0.4, -0.2) is 39.9 Å². The number of likely N-dealkylation sites (tertiary alicyclic amines) is 1. The third kappa shape index (κ3) is 4.34. The zero-order valence-corrected chi connectivity index (χ0v) is 17.5. The Hall–Kier alpha value is -1.27. The van der Waals surface area contributed by atoms with Crippen molar-refractivity contribution < 1.29 is 13.9 Å². The molecule has 0 unspecified atom stereocenters. The minimum absolute atomic E-state index is 0.249. The molecule has 0 bridgehead atoms. The van der Waals surface area contributed by atoms with Gasteiger partial charge in [-0.05, 0) is 54.9 Å². The predicted molar refractivity (Wildman–Crippen MR) is 106 cm³/mol. The van der Waals surface area contributed by atoms with Crippen LogP contribution in [0.3, 0.4) is 0 Å². The van der Waals surface area contributed by atoms with Crippen LogP contribution in [0.1, 0.15) is 33.6 Å². The van der Waals surface area contributed by atoms with Gasteiger partial charge < -0.3 is 14.2 Å². The van der Waals surface area contributed by atoms with Crippen molar-refractivity contribution in [3.05, 3.63) is 33.9 Å². The maximum Gasteiger partial charge on any atom is 0.410 e. The Balaban J connectivity index is 1.70. The lowest BCUT2D eigenvalue weighted by Crippen LogP contribution is -2.47. The van der Waals surface area contributed by atoms with E-state index in [0.717, 1.165) is 15.4 Å². The third-order valence-corrected chi connectivity index (χ3v) is 5.37. The molecule has 7 heteroatoms. The van der Waals surface area contributed by atoms with Crippen LogP contribution >= 0.6 is 27.5 Å². The Kier molecular flexibility index (Phi) is 5.28. The lowest BCUT2D eigenvalue weighted by molar-refractivity contribution is -0.000260. The van der Waals surface area contributed by atoms with Gasteiger partial charge in [0.05, 0.1) is 12.1 Å². The Morgan fingerprint density at radius 3 is 2.62 bits per heavy atom. The molecule has 1 fully saturated rings. The van der Waals surface area contributed by atoms with E-state index >= 15 is 4.39 Å². The number of hydrogen-bond donors (Lipinski definition) is 0. The number of aromatic nitrogens is 1. The van der Waals surface area contributed by atoms with E-state index in [2.05, 4.69) is 15.9 Å². The monoisotopic (exact) mass is 444 g/mol. The van der Waals surface area contributed by atoms with E-state index in [9.17, 15) is 4.79 Å². The molecule has 1 aromatic heterocycles. The molecule has 0 radical (unpaired) electrons. The van der Waals surface area contributed by atoms with Gasteiger partial charge >= 0.3 is 6.09 Å². The minimum Gasteiger partial charge on any atom is -0.444 e. The van der Waals surface area contributed by atoms with Crippen molar-refractivity contribution in [2.24, 2.45) is 0 Å². The van der Waals surface area contributed by atoms with Crippen LogP contribution in [0.4, 0.5) is 9.18 Å². The average molecular weight is 446 g/mol. The number of fused-ring (bicyclic) bond motifs is 1. The smallest absolute Gasteiger partial charge is 0.410 e. The van der Waals surface area contributed by atoms with Crippen LogP contribution in [0.2, 0.25) is 5.02 Å². The molecular formula is C19H23BrClFN2O2. The van der Waals surface area contributed by atoms with Gasteiger partial charge in [0.15, 0.2) is 0 Å². The van der Waals surface area contributed by atoms with Crippen molar-refractivity contribution in [1.82, 2.24) is 9.47 Å². The van der Waals surface area contributed by atoms with Gasteiger partial charge in [0.2, 0.25) is 0 Å². The van der Waals surface area contributed by atoms with Crippen molar-refractivity contribution in [3.63, 3.8) is 0 Å². The summed E-state index contributed by atoms with van der Waals surface area (Å²) >= 11 is 9.60. The summed E-state index contributed by atoms with van der Waals surface area (Å²) in [6.07, 6.45) is 2.09. The molecule has 2 aromatic rings.